The lowest BCUT2D eigenvalue weighted by Gasteiger charge is -2.15. The maximum Gasteiger partial charge on any atom is 0.441 e. The number of alkyl halides is 3. The SMILES string of the molecule is COc1ccc(C(C)NCCSC(F)(F)F)cc1Br. The van der Waals surface area contributed by atoms with Gasteiger partial charge in [-0.1, -0.05) is 6.07 Å². The molecule has 7 heteroatoms. The molecule has 1 aromatic carbocycles. The van der Waals surface area contributed by atoms with Gasteiger partial charge in [0.05, 0.1) is 11.6 Å². The fraction of sp³-hybridized carbons (Fsp3) is 0.500. The van der Waals surface area contributed by atoms with Gasteiger partial charge >= 0.3 is 5.51 Å². The van der Waals surface area contributed by atoms with E-state index in [0.717, 1.165) is 15.8 Å². The van der Waals surface area contributed by atoms with Gasteiger partial charge in [0.25, 0.3) is 0 Å². The summed E-state index contributed by atoms with van der Waals surface area (Å²) in [6.07, 6.45) is 0. The molecule has 19 heavy (non-hydrogen) atoms. The average molecular weight is 358 g/mol. The maximum atomic E-state index is 12.0. The van der Waals surface area contributed by atoms with Crippen molar-refractivity contribution in [2.24, 2.45) is 0 Å². The Bertz CT molecular complexity index is 414. The van der Waals surface area contributed by atoms with Gasteiger partial charge in [-0.15, -0.1) is 0 Å². The first-order chi connectivity index (χ1) is 8.83. The highest BCUT2D eigenvalue weighted by Gasteiger charge is 2.27. The van der Waals surface area contributed by atoms with Crippen molar-refractivity contribution in [3.05, 3.63) is 28.2 Å². The first-order valence-electron chi connectivity index (χ1n) is 5.61. The van der Waals surface area contributed by atoms with E-state index in [1.54, 1.807) is 7.11 Å². The van der Waals surface area contributed by atoms with Gasteiger partial charge in [0.1, 0.15) is 5.75 Å². The molecule has 1 N–H and O–H groups in total. The minimum atomic E-state index is -4.16. The second kappa shape index (κ2) is 7.40. The van der Waals surface area contributed by atoms with Gasteiger partial charge in [-0.3, -0.25) is 0 Å². The van der Waals surface area contributed by atoms with Gasteiger partial charge in [-0.25, -0.2) is 0 Å². The summed E-state index contributed by atoms with van der Waals surface area (Å²) in [7, 11) is 1.58. The molecular formula is C12H15BrF3NOS. The third kappa shape index (κ3) is 6.05. The number of ether oxygens (including phenoxy) is 1. The predicted molar refractivity (Wildman–Crippen MR) is 75.6 cm³/mol. The van der Waals surface area contributed by atoms with Crippen LogP contribution in [0.1, 0.15) is 18.5 Å². The van der Waals surface area contributed by atoms with Crippen LogP contribution in [-0.2, 0) is 0 Å². The van der Waals surface area contributed by atoms with E-state index in [4.69, 9.17) is 4.74 Å². The van der Waals surface area contributed by atoms with Crippen LogP contribution in [0.5, 0.6) is 5.75 Å². The molecule has 0 spiro atoms. The van der Waals surface area contributed by atoms with Crippen LogP contribution >= 0.6 is 27.7 Å². The molecule has 1 aromatic rings. The summed E-state index contributed by atoms with van der Waals surface area (Å²) in [5, 5.41) is 3.05. The molecule has 0 heterocycles. The van der Waals surface area contributed by atoms with Crippen LogP contribution in [-0.4, -0.2) is 24.9 Å². The number of thioether (sulfide) groups is 1. The predicted octanol–water partition coefficient (Wildman–Crippen LogP) is 4.36. The Morgan fingerprint density at radius 2 is 2.11 bits per heavy atom. The van der Waals surface area contributed by atoms with Crippen molar-refractivity contribution in [3.8, 4) is 5.75 Å². The van der Waals surface area contributed by atoms with Gasteiger partial charge in [0.2, 0.25) is 0 Å². The molecule has 1 unspecified atom stereocenters. The highest BCUT2D eigenvalue weighted by atomic mass is 79.9. The molecule has 0 fully saturated rings. The van der Waals surface area contributed by atoms with Gasteiger partial charge < -0.3 is 10.1 Å². The van der Waals surface area contributed by atoms with Crippen LogP contribution in [0.4, 0.5) is 13.2 Å². The molecule has 0 aliphatic rings. The molecule has 0 amide bonds. The molecule has 0 bridgehead atoms. The third-order valence-electron chi connectivity index (χ3n) is 2.49. The quantitative estimate of drug-likeness (QED) is 0.764. The molecule has 0 saturated heterocycles. The molecule has 0 radical (unpaired) electrons. The van der Waals surface area contributed by atoms with E-state index in [9.17, 15) is 13.2 Å². The Kier molecular flexibility index (Phi) is 6.49. The molecule has 0 aromatic heterocycles. The second-order valence-electron chi connectivity index (χ2n) is 3.86. The highest BCUT2D eigenvalue weighted by molar-refractivity contribution is 9.10. The Hall–Kier alpha value is -0.400. The Morgan fingerprint density at radius 3 is 2.63 bits per heavy atom. The van der Waals surface area contributed by atoms with E-state index in [1.165, 1.54) is 0 Å². The topological polar surface area (TPSA) is 21.3 Å². The normalized spacial score (nSPS) is 13.4. The van der Waals surface area contributed by atoms with Crippen molar-refractivity contribution in [2.45, 2.75) is 18.5 Å². The average Bonchev–Trinajstić information content (AvgIpc) is 2.33. The van der Waals surface area contributed by atoms with Crippen molar-refractivity contribution in [1.82, 2.24) is 5.32 Å². The minimum absolute atomic E-state index is 0.00512. The van der Waals surface area contributed by atoms with Gasteiger partial charge in [-0.05, 0) is 52.3 Å². The maximum absolute atomic E-state index is 12.0. The van der Waals surface area contributed by atoms with Crippen LogP contribution in [0.15, 0.2) is 22.7 Å². The van der Waals surface area contributed by atoms with Crippen LogP contribution < -0.4 is 10.1 Å². The fourth-order valence-electron chi connectivity index (χ4n) is 1.51. The van der Waals surface area contributed by atoms with E-state index in [2.05, 4.69) is 21.2 Å². The number of hydrogen-bond acceptors (Lipinski definition) is 3. The summed E-state index contributed by atoms with van der Waals surface area (Å²) in [6.45, 7) is 2.21. The Balaban J connectivity index is 2.45. The lowest BCUT2D eigenvalue weighted by atomic mass is 10.1. The van der Waals surface area contributed by atoms with Crippen LogP contribution in [0.3, 0.4) is 0 Å². The molecule has 108 valence electrons. The van der Waals surface area contributed by atoms with Crippen molar-refractivity contribution in [3.63, 3.8) is 0 Å². The smallest absolute Gasteiger partial charge is 0.441 e. The van der Waals surface area contributed by atoms with Gasteiger partial charge in [-0.2, -0.15) is 13.2 Å². The first kappa shape index (κ1) is 16.7. The van der Waals surface area contributed by atoms with Crippen LogP contribution in [0.25, 0.3) is 0 Å². The number of benzene rings is 1. The van der Waals surface area contributed by atoms with E-state index in [0.29, 0.717) is 6.54 Å². The summed E-state index contributed by atoms with van der Waals surface area (Å²) < 4.78 is 41.8. The molecule has 0 aliphatic carbocycles. The zero-order chi connectivity index (χ0) is 14.5. The zero-order valence-electron chi connectivity index (χ0n) is 10.6. The first-order valence-corrected chi connectivity index (χ1v) is 7.39. The van der Waals surface area contributed by atoms with Crippen molar-refractivity contribution in [2.75, 3.05) is 19.4 Å². The van der Waals surface area contributed by atoms with Gasteiger partial charge in [0, 0.05) is 18.3 Å². The van der Waals surface area contributed by atoms with Crippen molar-refractivity contribution >= 4 is 27.7 Å². The second-order valence-corrected chi connectivity index (χ2v) is 5.88. The van der Waals surface area contributed by atoms with E-state index in [1.807, 2.05) is 25.1 Å². The molecule has 2 nitrogen and oxygen atoms in total. The Labute approximate surface area is 123 Å². The highest BCUT2D eigenvalue weighted by Crippen LogP contribution is 2.30. The fourth-order valence-corrected chi connectivity index (χ4v) is 2.52. The Morgan fingerprint density at radius 1 is 1.42 bits per heavy atom. The largest absolute Gasteiger partial charge is 0.496 e. The minimum Gasteiger partial charge on any atom is -0.496 e. The van der Waals surface area contributed by atoms with Crippen molar-refractivity contribution in [1.29, 1.82) is 0 Å². The molecular weight excluding hydrogens is 343 g/mol. The summed E-state index contributed by atoms with van der Waals surface area (Å²) in [6, 6.07) is 5.59. The zero-order valence-corrected chi connectivity index (χ0v) is 13.0. The summed E-state index contributed by atoms with van der Waals surface area (Å²) in [4.78, 5) is 0. The number of rotatable bonds is 6. The molecule has 0 aliphatic heterocycles. The third-order valence-corrected chi connectivity index (χ3v) is 3.85. The number of nitrogens with one attached hydrogen (secondary N) is 1. The standard InChI is InChI=1S/C12H15BrF3NOS/c1-8(17-5-6-19-12(14,15)16)9-3-4-11(18-2)10(13)7-9/h3-4,7-8,17H,5-6H2,1-2H3. The number of methoxy groups -OCH3 is 1. The van der Waals surface area contributed by atoms with Crippen molar-refractivity contribution < 1.29 is 17.9 Å². The van der Waals surface area contributed by atoms with Crippen LogP contribution in [0, 0.1) is 0 Å². The lowest BCUT2D eigenvalue weighted by molar-refractivity contribution is -0.0327. The number of hydrogen-bond donors (Lipinski definition) is 1. The summed E-state index contributed by atoms with van der Waals surface area (Å²) in [5.41, 5.74) is -3.17. The van der Waals surface area contributed by atoms with Crippen LogP contribution in [0.2, 0.25) is 0 Å². The van der Waals surface area contributed by atoms with E-state index < -0.39 is 5.51 Å². The monoisotopic (exact) mass is 357 g/mol. The summed E-state index contributed by atoms with van der Waals surface area (Å²) in [5.74, 6) is 0.731. The van der Waals surface area contributed by atoms with Gasteiger partial charge in [0.15, 0.2) is 0 Å². The molecule has 0 saturated carbocycles. The van der Waals surface area contributed by atoms with E-state index in [-0.39, 0.29) is 23.6 Å². The molecule has 1 rings (SSSR count). The molecule has 1 atom stereocenters. The van der Waals surface area contributed by atoms with E-state index >= 15 is 0 Å². The number of halogens is 4. The summed E-state index contributed by atoms with van der Waals surface area (Å²) >= 11 is 3.37. The lowest BCUT2D eigenvalue weighted by Crippen LogP contribution is -2.22.